The van der Waals surface area contributed by atoms with Gasteiger partial charge in [0.2, 0.25) is 0 Å². The average molecular weight is 179 g/mol. The number of allylic oxidation sites excluding steroid dienone is 1. The standard InChI is InChI=1S/C11H14FN/c1-3-4-8(2)10-7-9(12)5-6-11(10)13/h5-7H,2-4,13H2,1H3. The van der Waals surface area contributed by atoms with Gasteiger partial charge >= 0.3 is 0 Å². The van der Waals surface area contributed by atoms with Crippen molar-refractivity contribution in [2.24, 2.45) is 0 Å². The van der Waals surface area contributed by atoms with Crippen molar-refractivity contribution in [2.45, 2.75) is 19.8 Å². The molecule has 0 radical (unpaired) electrons. The first kappa shape index (κ1) is 9.78. The Morgan fingerprint density at radius 1 is 1.54 bits per heavy atom. The highest BCUT2D eigenvalue weighted by atomic mass is 19.1. The fourth-order valence-electron chi connectivity index (χ4n) is 1.27. The van der Waals surface area contributed by atoms with E-state index in [2.05, 4.69) is 13.5 Å². The molecular weight excluding hydrogens is 165 g/mol. The van der Waals surface area contributed by atoms with Gasteiger partial charge in [0.05, 0.1) is 0 Å². The molecule has 1 nitrogen and oxygen atoms in total. The van der Waals surface area contributed by atoms with Crippen molar-refractivity contribution < 1.29 is 4.39 Å². The minimum absolute atomic E-state index is 0.263. The van der Waals surface area contributed by atoms with Gasteiger partial charge in [-0.2, -0.15) is 0 Å². The van der Waals surface area contributed by atoms with E-state index < -0.39 is 0 Å². The number of hydrogen-bond acceptors (Lipinski definition) is 1. The van der Waals surface area contributed by atoms with Crippen LogP contribution in [0.5, 0.6) is 0 Å². The summed E-state index contributed by atoms with van der Waals surface area (Å²) in [7, 11) is 0. The summed E-state index contributed by atoms with van der Waals surface area (Å²) >= 11 is 0. The lowest BCUT2D eigenvalue weighted by molar-refractivity contribution is 0.627. The molecule has 1 aromatic carbocycles. The van der Waals surface area contributed by atoms with Crippen molar-refractivity contribution >= 4 is 11.3 Å². The second-order valence-electron chi connectivity index (χ2n) is 3.09. The van der Waals surface area contributed by atoms with Gasteiger partial charge in [0.15, 0.2) is 0 Å². The average Bonchev–Trinajstić information content (AvgIpc) is 2.09. The first-order valence-electron chi connectivity index (χ1n) is 4.38. The number of nitrogens with two attached hydrogens (primary N) is 1. The number of anilines is 1. The fraction of sp³-hybridized carbons (Fsp3) is 0.273. The van der Waals surface area contributed by atoms with Gasteiger partial charge in [-0.1, -0.05) is 19.9 Å². The lowest BCUT2D eigenvalue weighted by atomic mass is 10.0. The Morgan fingerprint density at radius 3 is 2.85 bits per heavy atom. The van der Waals surface area contributed by atoms with Crippen LogP contribution in [0.1, 0.15) is 25.3 Å². The molecule has 70 valence electrons. The van der Waals surface area contributed by atoms with E-state index >= 15 is 0 Å². The Bertz CT molecular complexity index is 318. The zero-order valence-electron chi connectivity index (χ0n) is 7.81. The number of nitrogen functional groups attached to an aromatic ring is 1. The first-order chi connectivity index (χ1) is 6.15. The molecule has 2 heteroatoms. The van der Waals surface area contributed by atoms with E-state index in [1.165, 1.54) is 12.1 Å². The molecule has 13 heavy (non-hydrogen) atoms. The van der Waals surface area contributed by atoms with Crippen molar-refractivity contribution in [3.63, 3.8) is 0 Å². The molecule has 0 saturated carbocycles. The van der Waals surface area contributed by atoms with Crippen LogP contribution in [0.25, 0.3) is 5.57 Å². The molecule has 0 spiro atoms. The SMILES string of the molecule is C=C(CCC)c1cc(F)ccc1N. The highest BCUT2D eigenvalue weighted by Gasteiger charge is 2.03. The number of benzene rings is 1. The second-order valence-corrected chi connectivity index (χ2v) is 3.09. The fourth-order valence-corrected chi connectivity index (χ4v) is 1.27. The lowest BCUT2D eigenvalue weighted by Gasteiger charge is -2.07. The predicted molar refractivity (Wildman–Crippen MR) is 54.8 cm³/mol. The third kappa shape index (κ3) is 2.31. The van der Waals surface area contributed by atoms with Crippen LogP contribution in [0.15, 0.2) is 24.8 Å². The van der Waals surface area contributed by atoms with Gasteiger partial charge in [0.25, 0.3) is 0 Å². The van der Waals surface area contributed by atoms with Crippen LogP contribution in [0, 0.1) is 5.82 Å². The van der Waals surface area contributed by atoms with Crippen molar-refractivity contribution in [2.75, 3.05) is 5.73 Å². The number of halogens is 1. The highest BCUT2D eigenvalue weighted by Crippen LogP contribution is 2.24. The van der Waals surface area contributed by atoms with E-state index in [1.54, 1.807) is 6.07 Å². The Labute approximate surface area is 78.1 Å². The van der Waals surface area contributed by atoms with E-state index in [0.29, 0.717) is 5.69 Å². The summed E-state index contributed by atoms with van der Waals surface area (Å²) in [4.78, 5) is 0. The van der Waals surface area contributed by atoms with Crippen LogP contribution in [0.3, 0.4) is 0 Å². The number of rotatable bonds is 3. The summed E-state index contributed by atoms with van der Waals surface area (Å²) in [5.41, 5.74) is 7.93. The van der Waals surface area contributed by atoms with Crippen LogP contribution >= 0.6 is 0 Å². The Hall–Kier alpha value is -1.31. The first-order valence-corrected chi connectivity index (χ1v) is 4.38. The Balaban J connectivity index is 2.99. The molecular formula is C11H14FN. The summed E-state index contributed by atoms with van der Waals surface area (Å²) in [5, 5.41) is 0. The molecule has 0 fully saturated rings. The van der Waals surface area contributed by atoms with Crippen molar-refractivity contribution in [3.8, 4) is 0 Å². The Morgan fingerprint density at radius 2 is 2.23 bits per heavy atom. The van der Waals surface area contributed by atoms with Gasteiger partial charge in [0.1, 0.15) is 5.82 Å². The maximum Gasteiger partial charge on any atom is 0.123 e. The normalized spacial score (nSPS) is 10.0. The minimum atomic E-state index is -0.263. The van der Waals surface area contributed by atoms with Crippen LogP contribution in [-0.2, 0) is 0 Å². The summed E-state index contributed by atoms with van der Waals surface area (Å²) in [6, 6.07) is 4.37. The van der Waals surface area contributed by atoms with Crippen LogP contribution in [0.4, 0.5) is 10.1 Å². The van der Waals surface area contributed by atoms with Crippen LogP contribution in [0.2, 0.25) is 0 Å². The molecule has 1 rings (SSSR count). The van der Waals surface area contributed by atoms with Gasteiger partial charge in [0, 0.05) is 11.3 Å². The Kier molecular flexibility index (Phi) is 3.07. The smallest absolute Gasteiger partial charge is 0.123 e. The molecule has 0 atom stereocenters. The van der Waals surface area contributed by atoms with E-state index in [1.807, 2.05) is 0 Å². The zero-order valence-corrected chi connectivity index (χ0v) is 7.81. The molecule has 0 amide bonds. The molecule has 0 saturated heterocycles. The van der Waals surface area contributed by atoms with Gasteiger partial charge in [-0.15, -0.1) is 0 Å². The monoisotopic (exact) mass is 179 g/mol. The third-order valence-corrected chi connectivity index (χ3v) is 1.95. The van der Waals surface area contributed by atoms with Crippen molar-refractivity contribution in [1.29, 1.82) is 0 Å². The summed E-state index contributed by atoms with van der Waals surface area (Å²) < 4.78 is 12.9. The summed E-state index contributed by atoms with van der Waals surface area (Å²) in [5.74, 6) is -0.263. The van der Waals surface area contributed by atoms with Gasteiger partial charge in [-0.25, -0.2) is 4.39 Å². The summed E-state index contributed by atoms with van der Waals surface area (Å²) in [6.45, 7) is 5.93. The predicted octanol–water partition coefficient (Wildman–Crippen LogP) is 3.22. The highest BCUT2D eigenvalue weighted by molar-refractivity contribution is 5.73. The molecule has 1 aromatic rings. The molecule has 0 aliphatic rings. The minimum Gasteiger partial charge on any atom is -0.398 e. The maximum absolute atomic E-state index is 12.9. The van der Waals surface area contributed by atoms with Crippen LogP contribution in [-0.4, -0.2) is 0 Å². The number of hydrogen-bond donors (Lipinski definition) is 1. The second kappa shape index (κ2) is 4.08. The topological polar surface area (TPSA) is 26.0 Å². The molecule has 0 aromatic heterocycles. The summed E-state index contributed by atoms with van der Waals surface area (Å²) in [6.07, 6.45) is 1.85. The molecule has 2 N–H and O–H groups in total. The van der Waals surface area contributed by atoms with Gasteiger partial charge < -0.3 is 5.73 Å². The zero-order chi connectivity index (χ0) is 9.84. The van der Waals surface area contributed by atoms with Gasteiger partial charge in [-0.3, -0.25) is 0 Å². The third-order valence-electron chi connectivity index (χ3n) is 1.95. The van der Waals surface area contributed by atoms with Crippen LogP contribution < -0.4 is 5.73 Å². The maximum atomic E-state index is 12.9. The van der Waals surface area contributed by atoms with Gasteiger partial charge in [-0.05, 0) is 30.2 Å². The quantitative estimate of drug-likeness (QED) is 0.708. The van der Waals surface area contributed by atoms with E-state index in [9.17, 15) is 4.39 Å². The molecule has 0 aliphatic carbocycles. The van der Waals surface area contributed by atoms with Crippen molar-refractivity contribution in [1.82, 2.24) is 0 Å². The van der Waals surface area contributed by atoms with E-state index in [-0.39, 0.29) is 5.82 Å². The van der Waals surface area contributed by atoms with Crippen molar-refractivity contribution in [3.05, 3.63) is 36.2 Å². The molecule has 0 bridgehead atoms. The lowest BCUT2D eigenvalue weighted by Crippen LogP contribution is -1.94. The van der Waals surface area contributed by atoms with E-state index in [0.717, 1.165) is 24.0 Å². The molecule has 0 heterocycles. The van der Waals surface area contributed by atoms with E-state index in [4.69, 9.17) is 5.73 Å². The molecule has 0 unspecified atom stereocenters. The molecule has 0 aliphatic heterocycles. The largest absolute Gasteiger partial charge is 0.398 e.